The molecule has 0 aliphatic heterocycles. The van der Waals surface area contributed by atoms with E-state index in [1.54, 1.807) is 36.2 Å². The fourth-order valence-corrected chi connectivity index (χ4v) is 5.21. The van der Waals surface area contributed by atoms with E-state index in [4.69, 9.17) is 0 Å². The Hall–Kier alpha value is -1.57. The van der Waals surface area contributed by atoms with Gasteiger partial charge in [0.15, 0.2) is 0 Å². The average Bonchev–Trinajstić information content (AvgIpc) is 3.27. The van der Waals surface area contributed by atoms with Gasteiger partial charge in [-0.15, -0.1) is 0 Å². The third kappa shape index (κ3) is 6.46. The summed E-state index contributed by atoms with van der Waals surface area (Å²) in [5.41, 5.74) is 1.46. The molecular weight excluding hydrogens is 414 g/mol. The maximum atomic E-state index is 13.4. The minimum absolute atomic E-state index is 0.163. The molecule has 1 aliphatic rings. The number of allylic oxidation sites excluding steroid dienone is 3. The zero-order valence-corrected chi connectivity index (χ0v) is 20.7. The van der Waals surface area contributed by atoms with Gasteiger partial charge < -0.3 is 10.2 Å². The molecule has 1 aliphatic carbocycles. The lowest BCUT2D eigenvalue weighted by atomic mass is 10.1. The predicted molar refractivity (Wildman–Crippen MR) is 130 cm³/mol. The van der Waals surface area contributed by atoms with Crippen LogP contribution in [0.4, 0.5) is 5.69 Å². The first-order valence-electron chi connectivity index (χ1n) is 10.6. The number of carbonyl (C=O) groups excluding carboxylic acids is 1. The second-order valence-corrected chi connectivity index (χ2v) is 10.7. The lowest BCUT2D eigenvalue weighted by molar-refractivity contribution is 0.0969. The minimum atomic E-state index is -1.31. The molecule has 1 amide bonds. The van der Waals surface area contributed by atoms with Gasteiger partial charge in [-0.25, -0.2) is 8.51 Å². The molecule has 0 bridgehead atoms. The maximum absolute atomic E-state index is 13.4. The summed E-state index contributed by atoms with van der Waals surface area (Å²) < 4.78 is 14.3. The molecule has 5 nitrogen and oxygen atoms in total. The molecule has 1 fully saturated rings. The van der Waals surface area contributed by atoms with Crippen LogP contribution in [0.3, 0.4) is 0 Å². The zero-order valence-electron chi connectivity index (χ0n) is 19.0. The van der Waals surface area contributed by atoms with E-state index in [0.29, 0.717) is 16.5 Å². The standard InChI is InChI=1S/C23H35N3O2S2/c1-7-11-22(29-17(3)8-2)24-23(27)20-16-19(30(28)25(4)5)14-15-21(20)26(6)18-12-9-10-13-18/h8,11,14-16,18H,7,9-10,12-13H2,1-6H3,(H,24,27)/b17-8-,22-11+. The van der Waals surface area contributed by atoms with Crippen molar-refractivity contribution in [1.29, 1.82) is 0 Å². The van der Waals surface area contributed by atoms with Crippen LogP contribution >= 0.6 is 11.8 Å². The van der Waals surface area contributed by atoms with Crippen LogP contribution in [0.25, 0.3) is 0 Å². The summed E-state index contributed by atoms with van der Waals surface area (Å²) in [5, 5.41) is 3.91. The molecule has 166 valence electrons. The first kappa shape index (κ1) is 24.7. The van der Waals surface area contributed by atoms with Crippen LogP contribution in [0.5, 0.6) is 0 Å². The molecule has 0 spiro atoms. The molecule has 2 rings (SSSR count). The SMILES string of the molecule is C/C=C(/C)S/C(=C/CC)NC(=O)c1cc(S(=O)N(C)C)ccc1N(C)C1CCCC1. The molecule has 7 heteroatoms. The summed E-state index contributed by atoms with van der Waals surface area (Å²) in [6.07, 6.45) is 9.61. The van der Waals surface area contributed by atoms with E-state index in [1.165, 1.54) is 12.8 Å². The second-order valence-electron chi connectivity index (χ2n) is 7.72. The van der Waals surface area contributed by atoms with E-state index in [1.807, 2.05) is 38.1 Å². The summed E-state index contributed by atoms with van der Waals surface area (Å²) in [6, 6.07) is 6.03. The molecule has 0 saturated heterocycles. The van der Waals surface area contributed by atoms with Gasteiger partial charge in [0.1, 0.15) is 11.0 Å². The van der Waals surface area contributed by atoms with Gasteiger partial charge in [-0.3, -0.25) is 4.79 Å². The van der Waals surface area contributed by atoms with Crippen molar-refractivity contribution in [2.45, 2.75) is 63.8 Å². The van der Waals surface area contributed by atoms with Crippen LogP contribution in [-0.2, 0) is 11.0 Å². The first-order chi connectivity index (χ1) is 14.3. The predicted octanol–water partition coefficient (Wildman–Crippen LogP) is 5.29. The Kier molecular flexibility index (Phi) is 9.65. The van der Waals surface area contributed by atoms with Crippen molar-refractivity contribution in [2.24, 2.45) is 0 Å². The monoisotopic (exact) mass is 449 g/mol. The third-order valence-corrected chi connectivity index (χ3v) is 7.67. The van der Waals surface area contributed by atoms with Crippen LogP contribution in [0, 0.1) is 0 Å². The van der Waals surface area contributed by atoms with Gasteiger partial charge in [0.25, 0.3) is 5.91 Å². The molecule has 1 N–H and O–H groups in total. The van der Waals surface area contributed by atoms with Crippen molar-refractivity contribution in [3.63, 3.8) is 0 Å². The van der Waals surface area contributed by atoms with Crippen LogP contribution in [0.2, 0.25) is 0 Å². The number of nitrogens with one attached hydrogen (secondary N) is 1. The molecule has 1 saturated carbocycles. The Morgan fingerprint density at radius 3 is 2.50 bits per heavy atom. The van der Waals surface area contributed by atoms with Gasteiger partial charge >= 0.3 is 0 Å². The Bertz CT molecular complexity index is 828. The van der Waals surface area contributed by atoms with Gasteiger partial charge in [0.2, 0.25) is 0 Å². The van der Waals surface area contributed by atoms with Gasteiger partial charge in [0, 0.05) is 18.8 Å². The number of benzene rings is 1. The summed E-state index contributed by atoms with van der Waals surface area (Å²) in [7, 11) is 4.30. The number of nitrogens with zero attached hydrogens (tertiary/aromatic N) is 2. The Balaban J connectivity index is 2.41. The van der Waals surface area contributed by atoms with E-state index >= 15 is 0 Å². The topological polar surface area (TPSA) is 52.7 Å². The smallest absolute Gasteiger partial charge is 0.258 e. The van der Waals surface area contributed by atoms with Crippen LogP contribution in [0.15, 0.2) is 45.2 Å². The van der Waals surface area contributed by atoms with Crippen molar-refractivity contribution in [3.05, 3.63) is 45.8 Å². The van der Waals surface area contributed by atoms with Crippen LogP contribution in [0.1, 0.15) is 63.2 Å². The largest absolute Gasteiger partial charge is 0.371 e. The molecule has 1 aromatic carbocycles. The fraction of sp³-hybridized carbons (Fsp3) is 0.522. The molecule has 1 aromatic rings. The van der Waals surface area contributed by atoms with Crippen LogP contribution in [-0.4, -0.2) is 41.6 Å². The molecule has 1 atom stereocenters. The first-order valence-corrected chi connectivity index (χ1v) is 12.5. The summed E-state index contributed by atoms with van der Waals surface area (Å²) in [4.78, 5) is 17.3. The van der Waals surface area contributed by atoms with E-state index in [9.17, 15) is 9.00 Å². The van der Waals surface area contributed by atoms with Crippen molar-refractivity contribution in [1.82, 2.24) is 9.62 Å². The molecule has 1 unspecified atom stereocenters. The average molecular weight is 450 g/mol. The number of thioether (sulfide) groups is 1. The molecule has 0 heterocycles. The molecule has 0 radical (unpaired) electrons. The number of carbonyl (C=O) groups is 1. The van der Waals surface area contributed by atoms with Crippen molar-refractivity contribution < 1.29 is 9.00 Å². The fourth-order valence-electron chi connectivity index (χ4n) is 3.53. The number of hydrogen-bond acceptors (Lipinski definition) is 4. The third-order valence-electron chi connectivity index (χ3n) is 5.30. The molecule has 30 heavy (non-hydrogen) atoms. The second kappa shape index (κ2) is 11.7. The van der Waals surface area contributed by atoms with Crippen molar-refractivity contribution in [2.75, 3.05) is 26.0 Å². The van der Waals surface area contributed by atoms with E-state index < -0.39 is 11.0 Å². The van der Waals surface area contributed by atoms with Gasteiger partial charge in [-0.1, -0.05) is 43.7 Å². The van der Waals surface area contributed by atoms with Gasteiger partial charge in [0.05, 0.1) is 15.5 Å². The van der Waals surface area contributed by atoms with Crippen molar-refractivity contribution >= 4 is 34.3 Å². The summed E-state index contributed by atoms with van der Waals surface area (Å²) in [5.74, 6) is -0.163. The Morgan fingerprint density at radius 1 is 1.27 bits per heavy atom. The zero-order chi connectivity index (χ0) is 22.3. The highest BCUT2D eigenvalue weighted by molar-refractivity contribution is 8.06. The quantitative estimate of drug-likeness (QED) is 0.557. The lowest BCUT2D eigenvalue weighted by Crippen LogP contribution is -2.32. The number of rotatable bonds is 9. The molecule has 0 aromatic heterocycles. The highest BCUT2D eigenvalue weighted by Gasteiger charge is 2.25. The minimum Gasteiger partial charge on any atom is -0.371 e. The van der Waals surface area contributed by atoms with E-state index in [2.05, 4.69) is 24.2 Å². The van der Waals surface area contributed by atoms with Crippen molar-refractivity contribution in [3.8, 4) is 0 Å². The highest BCUT2D eigenvalue weighted by atomic mass is 32.2. The Labute approximate surface area is 188 Å². The van der Waals surface area contributed by atoms with Gasteiger partial charge in [-0.05, 0) is 70.3 Å². The highest BCUT2D eigenvalue weighted by Crippen LogP contribution is 2.31. The summed E-state index contributed by atoms with van der Waals surface area (Å²) in [6.45, 7) is 6.07. The van der Waals surface area contributed by atoms with Crippen LogP contribution < -0.4 is 10.2 Å². The number of anilines is 1. The lowest BCUT2D eigenvalue weighted by Gasteiger charge is -2.29. The van der Waals surface area contributed by atoms with E-state index in [-0.39, 0.29) is 5.91 Å². The van der Waals surface area contributed by atoms with E-state index in [0.717, 1.165) is 34.9 Å². The normalized spacial score (nSPS) is 16.8. The van der Waals surface area contributed by atoms with Gasteiger partial charge in [-0.2, -0.15) is 0 Å². The summed E-state index contributed by atoms with van der Waals surface area (Å²) >= 11 is 1.56. The number of hydrogen-bond donors (Lipinski definition) is 1. The maximum Gasteiger partial charge on any atom is 0.258 e. The number of amides is 1. The molecular formula is C23H35N3O2S2. The Morgan fingerprint density at radius 2 is 1.93 bits per heavy atom.